The monoisotopic (exact) mass is 407 g/mol. The largest absolute Gasteiger partial charge is 0.377 e. The van der Waals surface area contributed by atoms with Crippen LogP contribution in [-0.2, 0) is 4.74 Å². The predicted octanol–water partition coefficient (Wildman–Crippen LogP) is 2.51. The van der Waals surface area contributed by atoms with Crippen molar-refractivity contribution in [1.29, 1.82) is 0 Å². The molecule has 0 aliphatic carbocycles. The molecular weight excluding hydrogens is 382 g/mol. The van der Waals surface area contributed by atoms with E-state index in [1.165, 1.54) is 0 Å². The quantitative estimate of drug-likeness (QED) is 0.717. The van der Waals surface area contributed by atoms with E-state index in [0.717, 1.165) is 41.9 Å². The summed E-state index contributed by atoms with van der Waals surface area (Å²) in [4.78, 5) is 35.8. The Morgan fingerprint density at radius 2 is 2.03 bits per heavy atom. The highest BCUT2D eigenvalue weighted by Crippen LogP contribution is 2.30. The highest BCUT2D eigenvalue weighted by molar-refractivity contribution is 5.94. The molecule has 0 saturated carbocycles. The van der Waals surface area contributed by atoms with Crippen LogP contribution in [0.2, 0.25) is 0 Å². The molecule has 3 aromatic heterocycles. The second kappa shape index (κ2) is 7.56. The van der Waals surface area contributed by atoms with Crippen LogP contribution in [0.3, 0.4) is 0 Å². The molecule has 156 valence electrons. The Bertz CT molecular complexity index is 1080. The Kier molecular flexibility index (Phi) is 4.74. The first-order valence-electron chi connectivity index (χ1n) is 10.3. The van der Waals surface area contributed by atoms with Gasteiger partial charge >= 0.3 is 6.03 Å². The predicted molar refractivity (Wildman–Crippen MR) is 115 cm³/mol. The Hall–Kier alpha value is -3.20. The lowest BCUT2D eigenvalue weighted by molar-refractivity contribution is 0.0985. The van der Waals surface area contributed by atoms with E-state index in [1.807, 2.05) is 31.4 Å². The van der Waals surface area contributed by atoms with Gasteiger partial charge in [0.2, 0.25) is 0 Å². The van der Waals surface area contributed by atoms with E-state index in [2.05, 4.69) is 21.8 Å². The van der Waals surface area contributed by atoms with Gasteiger partial charge in [-0.25, -0.2) is 19.7 Å². The van der Waals surface area contributed by atoms with Gasteiger partial charge in [0.05, 0.1) is 19.3 Å². The van der Waals surface area contributed by atoms with Crippen LogP contribution < -0.4 is 9.80 Å². The molecular formula is C21H25N7O2. The molecule has 2 amide bonds. The Morgan fingerprint density at radius 1 is 1.17 bits per heavy atom. The molecule has 0 radical (unpaired) electrons. The van der Waals surface area contributed by atoms with Crippen molar-refractivity contribution in [1.82, 2.24) is 24.8 Å². The standard InChI is InChI=1S/C21H25N7O2/c1-14-13-30-11-10-27(14)17-12-18(28-9-3-8-26(2)21(28)29)25-20(24-17)16-5-7-23-19-15(16)4-6-22-19/h4-7,12,14H,3,8-11,13H2,1-2H3,(H,22,23)/t14-/m1/s1. The number of pyridine rings is 1. The molecule has 0 bridgehead atoms. The van der Waals surface area contributed by atoms with Crippen LogP contribution in [0, 0.1) is 0 Å². The maximum Gasteiger partial charge on any atom is 0.325 e. The number of aromatic amines is 1. The topological polar surface area (TPSA) is 90.5 Å². The van der Waals surface area contributed by atoms with Crippen LogP contribution in [0.4, 0.5) is 16.4 Å². The highest BCUT2D eigenvalue weighted by Gasteiger charge is 2.28. The number of aromatic nitrogens is 4. The van der Waals surface area contributed by atoms with Crippen LogP contribution in [-0.4, -0.2) is 76.8 Å². The SMILES string of the molecule is C[C@@H]1COCCN1c1cc(N2CCCN(C)C2=O)nc(-c2ccnc3[nH]ccc23)n1. The van der Waals surface area contributed by atoms with Crippen LogP contribution in [0.1, 0.15) is 13.3 Å². The van der Waals surface area contributed by atoms with Gasteiger partial charge in [0, 0.05) is 56.1 Å². The number of nitrogens with zero attached hydrogens (tertiary/aromatic N) is 6. The van der Waals surface area contributed by atoms with Crippen molar-refractivity contribution >= 4 is 28.7 Å². The van der Waals surface area contributed by atoms with Crippen LogP contribution >= 0.6 is 0 Å². The minimum Gasteiger partial charge on any atom is -0.377 e. The molecule has 2 fully saturated rings. The molecule has 0 spiro atoms. The van der Waals surface area contributed by atoms with E-state index < -0.39 is 0 Å². The van der Waals surface area contributed by atoms with Gasteiger partial charge in [-0.05, 0) is 25.5 Å². The summed E-state index contributed by atoms with van der Waals surface area (Å²) in [5, 5.41) is 0.956. The number of carbonyl (C=O) groups excluding carboxylic acids is 1. The summed E-state index contributed by atoms with van der Waals surface area (Å²) >= 11 is 0. The minimum atomic E-state index is -0.0339. The summed E-state index contributed by atoms with van der Waals surface area (Å²) in [5.74, 6) is 2.03. The van der Waals surface area contributed by atoms with Crippen molar-refractivity contribution in [2.24, 2.45) is 0 Å². The van der Waals surface area contributed by atoms with E-state index in [-0.39, 0.29) is 12.1 Å². The zero-order chi connectivity index (χ0) is 20.7. The maximum absolute atomic E-state index is 12.8. The van der Waals surface area contributed by atoms with E-state index in [1.54, 1.807) is 16.0 Å². The first-order valence-corrected chi connectivity index (χ1v) is 10.3. The fourth-order valence-electron chi connectivity index (χ4n) is 4.13. The molecule has 2 aliphatic heterocycles. The van der Waals surface area contributed by atoms with E-state index in [9.17, 15) is 4.79 Å². The van der Waals surface area contributed by atoms with E-state index in [0.29, 0.717) is 31.4 Å². The smallest absolute Gasteiger partial charge is 0.325 e. The van der Waals surface area contributed by atoms with Gasteiger partial charge < -0.3 is 19.5 Å². The normalized spacial score (nSPS) is 20.3. The van der Waals surface area contributed by atoms with Gasteiger partial charge in [-0.3, -0.25) is 4.90 Å². The zero-order valence-electron chi connectivity index (χ0n) is 17.2. The molecule has 5 rings (SSSR count). The van der Waals surface area contributed by atoms with Crippen LogP contribution in [0.15, 0.2) is 30.6 Å². The first-order chi connectivity index (χ1) is 14.6. The van der Waals surface area contributed by atoms with Crippen molar-refractivity contribution in [3.8, 4) is 11.4 Å². The maximum atomic E-state index is 12.8. The van der Waals surface area contributed by atoms with Crippen molar-refractivity contribution < 1.29 is 9.53 Å². The molecule has 1 atom stereocenters. The molecule has 30 heavy (non-hydrogen) atoms. The lowest BCUT2D eigenvalue weighted by Gasteiger charge is -2.36. The molecule has 0 unspecified atom stereocenters. The summed E-state index contributed by atoms with van der Waals surface area (Å²) in [7, 11) is 1.83. The molecule has 3 aromatic rings. The number of morpholine rings is 1. The molecule has 9 heteroatoms. The van der Waals surface area contributed by atoms with Crippen molar-refractivity contribution in [3.05, 3.63) is 30.6 Å². The Morgan fingerprint density at radius 3 is 2.90 bits per heavy atom. The molecule has 1 N–H and O–H groups in total. The number of rotatable bonds is 3. The third-order valence-electron chi connectivity index (χ3n) is 5.77. The zero-order valence-corrected chi connectivity index (χ0v) is 17.2. The van der Waals surface area contributed by atoms with Gasteiger partial charge in [-0.1, -0.05) is 0 Å². The molecule has 2 saturated heterocycles. The van der Waals surface area contributed by atoms with Gasteiger partial charge in [-0.15, -0.1) is 0 Å². The summed E-state index contributed by atoms with van der Waals surface area (Å²) in [5.41, 5.74) is 1.68. The average Bonchev–Trinajstić information content (AvgIpc) is 3.25. The van der Waals surface area contributed by atoms with Crippen molar-refractivity contribution in [2.45, 2.75) is 19.4 Å². The number of fused-ring (bicyclic) bond motifs is 1. The number of amides is 2. The molecule has 0 aromatic carbocycles. The number of H-pyrrole nitrogens is 1. The number of hydrogen-bond acceptors (Lipinski definition) is 6. The third kappa shape index (κ3) is 3.24. The number of nitrogens with one attached hydrogen (secondary N) is 1. The molecule has 9 nitrogen and oxygen atoms in total. The molecule has 2 aliphatic rings. The summed E-state index contributed by atoms with van der Waals surface area (Å²) in [6.07, 6.45) is 4.52. The number of urea groups is 1. The van der Waals surface area contributed by atoms with Gasteiger partial charge in [0.25, 0.3) is 0 Å². The van der Waals surface area contributed by atoms with E-state index >= 15 is 0 Å². The highest BCUT2D eigenvalue weighted by atomic mass is 16.5. The van der Waals surface area contributed by atoms with Crippen molar-refractivity contribution in [2.75, 3.05) is 49.7 Å². The van der Waals surface area contributed by atoms with Crippen molar-refractivity contribution in [3.63, 3.8) is 0 Å². The summed E-state index contributed by atoms with van der Waals surface area (Å²) in [6, 6.07) is 5.99. The van der Waals surface area contributed by atoms with Gasteiger partial charge in [-0.2, -0.15) is 0 Å². The average molecular weight is 407 g/mol. The van der Waals surface area contributed by atoms with Crippen LogP contribution in [0.25, 0.3) is 22.4 Å². The lowest BCUT2D eigenvalue weighted by atomic mass is 10.1. The number of carbonyl (C=O) groups is 1. The van der Waals surface area contributed by atoms with E-state index in [4.69, 9.17) is 14.7 Å². The number of hydrogen-bond donors (Lipinski definition) is 1. The third-order valence-corrected chi connectivity index (χ3v) is 5.77. The van der Waals surface area contributed by atoms with Gasteiger partial charge in [0.1, 0.15) is 17.3 Å². The second-order valence-electron chi connectivity index (χ2n) is 7.83. The Labute approximate surface area is 174 Å². The summed E-state index contributed by atoms with van der Waals surface area (Å²) in [6.45, 7) is 5.58. The second-order valence-corrected chi connectivity index (χ2v) is 7.83. The number of anilines is 2. The Balaban J connectivity index is 1.65. The fourth-order valence-corrected chi connectivity index (χ4v) is 4.13. The van der Waals surface area contributed by atoms with Crippen LogP contribution in [0.5, 0.6) is 0 Å². The first kappa shape index (κ1) is 18.8. The molecule has 5 heterocycles. The fraction of sp³-hybridized carbons (Fsp3) is 0.429. The minimum absolute atomic E-state index is 0.0339. The number of ether oxygens (including phenoxy) is 1. The lowest BCUT2D eigenvalue weighted by Crippen LogP contribution is -2.48. The summed E-state index contributed by atoms with van der Waals surface area (Å²) < 4.78 is 5.60. The van der Waals surface area contributed by atoms with Gasteiger partial charge in [0.15, 0.2) is 5.82 Å².